The van der Waals surface area contributed by atoms with Gasteiger partial charge in [0.05, 0.1) is 7.11 Å². The summed E-state index contributed by atoms with van der Waals surface area (Å²) in [6.07, 6.45) is 1.30. The molecule has 94 valence electrons. The van der Waals surface area contributed by atoms with Crippen LogP contribution in [0.25, 0.3) is 0 Å². The number of benzene rings is 1. The summed E-state index contributed by atoms with van der Waals surface area (Å²) in [6, 6.07) is 7.47. The lowest BCUT2D eigenvalue weighted by Crippen LogP contribution is -2.49. The zero-order valence-corrected chi connectivity index (χ0v) is 10.6. The third-order valence-corrected chi connectivity index (χ3v) is 3.13. The first-order valence-corrected chi connectivity index (χ1v) is 5.80. The summed E-state index contributed by atoms with van der Waals surface area (Å²) in [4.78, 5) is 11.6. The van der Waals surface area contributed by atoms with Crippen molar-refractivity contribution < 1.29 is 9.53 Å². The van der Waals surface area contributed by atoms with Gasteiger partial charge in [-0.05, 0) is 25.0 Å². The maximum Gasteiger partial charge on any atom is 0.243 e. The number of carbonyl (C=O) groups excluding carboxylic acids is 1. The first-order chi connectivity index (χ1) is 8.07. The van der Waals surface area contributed by atoms with Crippen LogP contribution in [0.1, 0.15) is 26.7 Å². The molecular weight excluding hydrogens is 216 g/mol. The molecule has 4 nitrogen and oxygen atoms in total. The fourth-order valence-corrected chi connectivity index (χ4v) is 1.81. The molecule has 1 aromatic carbocycles. The van der Waals surface area contributed by atoms with Gasteiger partial charge in [0, 0.05) is 11.8 Å². The molecule has 1 amide bonds. The number of methoxy groups -OCH3 is 1. The second-order valence-electron chi connectivity index (χ2n) is 4.01. The van der Waals surface area contributed by atoms with Crippen LogP contribution in [0.15, 0.2) is 24.3 Å². The predicted octanol–water partition coefficient (Wildman–Crippen LogP) is 2.15. The molecule has 0 spiro atoms. The Balaban J connectivity index is 2.97. The first-order valence-electron chi connectivity index (χ1n) is 5.80. The normalized spacial score (nSPS) is 11.0. The number of primary amides is 1. The molecule has 17 heavy (non-hydrogen) atoms. The van der Waals surface area contributed by atoms with Crippen molar-refractivity contribution in [3.05, 3.63) is 24.3 Å². The van der Waals surface area contributed by atoms with Crippen molar-refractivity contribution >= 4 is 11.6 Å². The monoisotopic (exact) mass is 236 g/mol. The van der Waals surface area contributed by atoms with Gasteiger partial charge < -0.3 is 15.8 Å². The van der Waals surface area contributed by atoms with E-state index in [-0.39, 0.29) is 5.91 Å². The van der Waals surface area contributed by atoms with Gasteiger partial charge in [-0.25, -0.2) is 0 Å². The van der Waals surface area contributed by atoms with E-state index in [9.17, 15) is 4.79 Å². The van der Waals surface area contributed by atoms with Gasteiger partial charge in [-0.15, -0.1) is 0 Å². The molecule has 0 radical (unpaired) electrons. The molecule has 0 saturated carbocycles. The van der Waals surface area contributed by atoms with Gasteiger partial charge in [-0.1, -0.05) is 19.9 Å². The third-order valence-electron chi connectivity index (χ3n) is 3.13. The number of nitrogens with two attached hydrogens (primary N) is 1. The lowest BCUT2D eigenvalue weighted by Gasteiger charge is -2.30. The lowest BCUT2D eigenvalue weighted by molar-refractivity contribution is -0.122. The van der Waals surface area contributed by atoms with Crippen LogP contribution in [0.4, 0.5) is 5.69 Å². The van der Waals surface area contributed by atoms with Crippen molar-refractivity contribution in [2.24, 2.45) is 5.73 Å². The fourth-order valence-electron chi connectivity index (χ4n) is 1.81. The number of nitrogens with one attached hydrogen (secondary N) is 1. The summed E-state index contributed by atoms with van der Waals surface area (Å²) in [5.41, 5.74) is 5.63. The molecule has 0 atom stereocenters. The highest BCUT2D eigenvalue weighted by Gasteiger charge is 2.32. The summed E-state index contributed by atoms with van der Waals surface area (Å²) in [7, 11) is 1.61. The van der Waals surface area contributed by atoms with Crippen LogP contribution in [0.2, 0.25) is 0 Å². The molecule has 0 aliphatic rings. The molecule has 0 aliphatic heterocycles. The van der Waals surface area contributed by atoms with Gasteiger partial charge in [0.2, 0.25) is 5.91 Å². The first kappa shape index (κ1) is 13.4. The number of hydrogen-bond acceptors (Lipinski definition) is 3. The highest BCUT2D eigenvalue weighted by Crippen LogP contribution is 2.24. The van der Waals surface area contributed by atoms with Crippen LogP contribution in [0, 0.1) is 0 Å². The Hall–Kier alpha value is -1.71. The quantitative estimate of drug-likeness (QED) is 0.795. The molecule has 0 aliphatic carbocycles. The fraction of sp³-hybridized carbons (Fsp3) is 0.462. The largest absolute Gasteiger partial charge is 0.497 e. The van der Waals surface area contributed by atoms with Crippen molar-refractivity contribution in [3.8, 4) is 5.75 Å². The van der Waals surface area contributed by atoms with E-state index in [0.29, 0.717) is 12.8 Å². The minimum absolute atomic E-state index is 0.328. The Bertz CT molecular complexity index is 387. The minimum Gasteiger partial charge on any atom is -0.497 e. The van der Waals surface area contributed by atoms with E-state index in [1.807, 2.05) is 38.1 Å². The summed E-state index contributed by atoms with van der Waals surface area (Å²) < 4.78 is 5.14. The van der Waals surface area contributed by atoms with Crippen molar-refractivity contribution in [3.63, 3.8) is 0 Å². The van der Waals surface area contributed by atoms with E-state index >= 15 is 0 Å². The SMILES string of the molecule is CCC(CC)(Nc1cccc(OC)c1)C(N)=O. The average Bonchev–Trinajstić information content (AvgIpc) is 2.36. The molecule has 0 bridgehead atoms. The molecule has 0 saturated heterocycles. The molecule has 3 N–H and O–H groups in total. The Labute approximate surface area is 102 Å². The topological polar surface area (TPSA) is 64.3 Å². The van der Waals surface area contributed by atoms with Crippen molar-refractivity contribution in [1.29, 1.82) is 0 Å². The molecule has 0 fully saturated rings. The van der Waals surface area contributed by atoms with Crippen molar-refractivity contribution in [2.75, 3.05) is 12.4 Å². The maximum absolute atomic E-state index is 11.6. The van der Waals surface area contributed by atoms with E-state index in [4.69, 9.17) is 10.5 Å². The van der Waals surface area contributed by atoms with E-state index in [2.05, 4.69) is 5.32 Å². The van der Waals surface area contributed by atoms with Gasteiger partial charge in [0.15, 0.2) is 0 Å². The van der Waals surface area contributed by atoms with Crippen LogP contribution in [0.5, 0.6) is 5.75 Å². The predicted molar refractivity (Wildman–Crippen MR) is 69.1 cm³/mol. The second-order valence-corrected chi connectivity index (χ2v) is 4.01. The minimum atomic E-state index is -0.688. The third kappa shape index (κ3) is 2.90. The average molecular weight is 236 g/mol. The standard InChI is InChI=1S/C13H20N2O2/c1-4-13(5-2,12(14)16)15-10-7-6-8-11(9-10)17-3/h6-9,15H,4-5H2,1-3H3,(H2,14,16). The van der Waals surface area contributed by atoms with Crippen LogP contribution in [0.3, 0.4) is 0 Å². The van der Waals surface area contributed by atoms with Gasteiger partial charge in [-0.2, -0.15) is 0 Å². The second kappa shape index (κ2) is 5.57. The number of hydrogen-bond donors (Lipinski definition) is 2. The number of amides is 1. The van der Waals surface area contributed by atoms with E-state index in [1.54, 1.807) is 7.11 Å². The Morgan fingerprint density at radius 3 is 2.53 bits per heavy atom. The molecule has 1 aromatic rings. The van der Waals surface area contributed by atoms with Crippen LogP contribution in [-0.4, -0.2) is 18.6 Å². The summed E-state index contributed by atoms with van der Waals surface area (Å²) in [6.45, 7) is 3.89. The van der Waals surface area contributed by atoms with E-state index in [0.717, 1.165) is 11.4 Å². The Morgan fingerprint density at radius 2 is 2.06 bits per heavy atom. The maximum atomic E-state index is 11.6. The van der Waals surface area contributed by atoms with Gasteiger partial charge in [-0.3, -0.25) is 4.79 Å². The molecule has 0 heterocycles. The molecular formula is C13H20N2O2. The summed E-state index contributed by atoms with van der Waals surface area (Å²) in [5.74, 6) is 0.422. The summed E-state index contributed by atoms with van der Waals surface area (Å²) in [5, 5.41) is 3.21. The number of carbonyl (C=O) groups is 1. The number of anilines is 1. The highest BCUT2D eigenvalue weighted by atomic mass is 16.5. The molecule has 4 heteroatoms. The van der Waals surface area contributed by atoms with Gasteiger partial charge in [0.1, 0.15) is 11.3 Å². The smallest absolute Gasteiger partial charge is 0.243 e. The van der Waals surface area contributed by atoms with Crippen LogP contribution < -0.4 is 15.8 Å². The zero-order valence-electron chi connectivity index (χ0n) is 10.6. The van der Waals surface area contributed by atoms with E-state index < -0.39 is 5.54 Å². The van der Waals surface area contributed by atoms with Crippen molar-refractivity contribution in [1.82, 2.24) is 0 Å². The Morgan fingerprint density at radius 1 is 1.41 bits per heavy atom. The van der Waals surface area contributed by atoms with E-state index in [1.165, 1.54) is 0 Å². The molecule has 0 unspecified atom stereocenters. The zero-order chi connectivity index (χ0) is 12.9. The summed E-state index contributed by atoms with van der Waals surface area (Å²) >= 11 is 0. The van der Waals surface area contributed by atoms with Gasteiger partial charge >= 0.3 is 0 Å². The number of ether oxygens (including phenoxy) is 1. The highest BCUT2D eigenvalue weighted by molar-refractivity contribution is 5.87. The van der Waals surface area contributed by atoms with Crippen LogP contribution >= 0.6 is 0 Å². The van der Waals surface area contributed by atoms with Gasteiger partial charge in [0.25, 0.3) is 0 Å². The number of rotatable bonds is 6. The Kier molecular flexibility index (Phi) is 4.37. The molecule has 1 rings (SSSR count). The lowest BCUT2D eigenvalue weighted by atomic mass is 9.91. The van der Waals surface area contributed by atoms with Crippen LogP contribution in [-0.2, 0) is 4.79 Å². The van der Waals surface area contributed by atoms with Crippen molar-refractivity contribution in [2.45, 2.75) is 32.2 Å². The molecule has 0 aromatic heterocycles.